The van der Waals surface area contributed by atoms with Gasteiger partial charge < -0.3 is 14.4 Å². The van der Waals surface area contributed by atoms with Crippen molar-refractivity contribution in [1.82, 2.24) is 0 Å². The molecule has 1 atom stereocenters. The maximum absolute atomic E-state index is 11.3. The molecule has 0 aliphatic rings. The predicted molar refractivity (Wildman–Crippen MR) is 83.8 cm³/mol. The van der Waals surface area contributed by atoms with Gasteiger partial charge in [-0.25, -0.2) is 4.79 Å². The second-order valence-electron chi connectivity index (χ2n) is 5.15. The second-order valence-corrected chi connectivity index (χ2v) is 5.15. The molecule has 0 radical (unpaired) electrons. The van der Waals surface area contributed by atoms with Crippen molar-refractivity contribution in [3.8, 4) is 0 Å². The van der Waals surface area contributed by atoms with Gasteiger partial charge in [-0.05, 0) is 24.6 Å². The van der Waals surface area contributed by atoms with Gasteiger partial charge in [0, 0.05) is 29.6 Å². The number of furan rings is 1. The number of para-hydroxylation sites is 1. The standard InChI is InChI=1S/C17H17NO3/c1-3-14(17(19)20)18(2)11-8-9-13-12-6-4-5-7-15(12)21-16(13)10-11/h4-10,14H,3H2,1-2H3,(H,19,20). The van der Waals surface area contributed by atoms with E-state index in [9.17, 15) is 9.90 Å². The summed E-state index contributed by atoms with van der Waals surface area (Å²) in [6, 6.07) is 13.2. The van der Waals surface area contributed by atoms with Crippen LogP contribution >= 0.6 is 0 Å². The van der Waals surface area contributed by atoms with Crippen LogP contribution in [0.3, 0.4) is 0 Å². The Morgan fingerprint density at radius 2 is 1.90 bits per heavy atom. The van der Waals surface area contributed by atoms with Crippen LogP contribution in [-0.4, -0.2) is 24.2 Å². The van der Waals surface area contributed by atoms with Crippen molar-refractivity contribution in [2.24, 2.45) is 0 Å². The van der Waals surface area contributed by atoms with Crippen molar-refractivity contribution in [1.29, 1.82) is 0 Å². The first-order valence-corrected chi connectivity index (χ1v) is 6.98. The van der Waals surface area contributed by atoms with Crippen molar-refractivity contribution in [3.63, 3.8) is 0 Å². The molecule has 1 unspecified atom stereocenters. The predicted octanol–water partition coefficient (Wildman–Crippen LogP) is 3.89. The van der Waals surface area contributed by atoms with Gasteiger partial charge in [0.2, 0.25) is 0 Å². The molecule has 0 fully saturated rings. The Labute approximate surface area is 122 Å². The molecule has 0 saturated carbocycles. The van der Waals surface area contributed by atoms with Crippen molar-refractivity contribution in [2.45, 2.75) is 19.4 Å². The van der Waals surface area contributed by atoms with Crippen LogP contribution in [0.5, 0.6) is 0 Å². The Hall–Kier alpha value is -2.49. The average Bonchev–Trinajstić information content (AvgIpc) is 2.85. The van der Waals surface area contributed by atoms with E-state index in [0.717, 1.165) is 27.6 Å². The number of hydrogen-bond donors (Lipinski definition) is 1. The molecule has 3 aromatic rings. The monoisotopic (exact) mass is 283 g/mol. The third kappa shape index (κ3) is 2.23. The van der Waals surface area contributed by atoms with Gasteiger partial charge in [-0.3, -0.25) is 0 Å². The van der Waals surface area contributed by atoms with Gasteiger partial charge in [0.05, 0.1) is 0 Å². The summed E-state index contributed by atoms with van der Waals surface area (Å²) in [4.78, 5) is 13.1. The number of carboxylic acids is 1. The molecular weight excluding hydrogens is 266 g/mol. The number of aliphatic carboxylic acids is 1. The van der Waals surface area contributed by atoms with E-state index >= 15 is 0 Å². The minimum atomic E-state index is -0.815. The fourth-order valence-electron chi connectivity index (χ4n) is 2.73. The van der Waals surface area contributed by atoms with Crippen LogP contribution in [0.1, 0.15) is 13.3 Å². The summed E-state index contributed by atoms with van der Waals surface area (Å²) in [7, 11) is 1.80. The molecule has 0 spiro atoms. The van der Waals surface area contributed by atoms with E-state index in [0.29, 0.717) is 6.42 Å². The fourth-order valence-corrected chi connectivity index (χ4v) is 2.73. The molecule has 108 valence electrons. The largest absolute Gasteiger partial charge is 0.480 e. The average molecular weight is 283 g/mol. The highest BCUT2D eigenvalue weighted by Gasteiger charge is 2.21. The van der Waals surface area contributed by atoms with Crippen LogP contribution in [-0.2, 0) is 4.79 Å². The van der Waals surface area contributed by atoms with Crippen LogP contribution in [0.15, 0.2) is 46.9 Å². The third-order valence-electron chi connectivity index (χ3n) is 3.91. The summed E-state index contributed by atoms with van der Waals surface area (Å²) in [6.07, 6.45) is 0.546. The Morgan fingerprint density at radius 3 is 2.62 bits per heavy atom. The maximum atomic E-state index is 11.3. The first-order valence-electron chi connectivity index (χ1n) is 6.98. The highest BCUT2D eigenvalue weighted by Crippen LogP contribution is 2.31. The van der Waals surface area contributed by atoms with Gasteiger partial charge in [0.15, 0.2) is 0 Å². The highest BCUT2D eigenvalue weighted by atomic mass is 16.4. The van der Waals surface area contributed by atoms with Gasteiger partial charge in [0.25, 0.3) is 0 Å². The van der Waals surface area contributed by atoms with Gasteiger partial charge in [-0.2, -0.15) is 0 Å². The molecule has 4 heteroatoms. The van der Waals surface area contributed by atoms with Crippen molar-refractivity contribution in [3.05, 3.63) is 42.5 Å². The van der Waals surface area contributed by atoms with Gasteiger partial charge >= 0.3 is 5.97 Å². The van der Waals surface area contributed by atoms with Gasteiger partial charge in [-0.15, -0.1) is 0 Å². The number of benzene rings is 2. The molecule has 1 N–H and O–H groups in total. The quantitative estimate of drug-likeness (QED) is 0.789. The molecule has 2 aromatic carbocycles. The second kappa shape index (κ2) is 5.13. The summed E-state index contributed by atoms with van der Waals surface area (Å²) in [5, 5.41) is 11.4. The topological polar surface area (TPSA) is 53.7 Å². The minimum absolute atomic E-state index is 0.535. The number of anilines is 1. The molecule has 3 rings (SSSR count). The van der Waals surface area contributed by atoms with Crippen LogP contribution < -0.4 is 4.90 Å². The fraction of sp³-hybridized carbons (Fsp3) is 0.235. The van der Waals surface area contributed by atoms with E-state index in [2.05, 4.69) is 0 Å². The Kier molecular flexibility index (Phi) is 3.29. The SMILES string of the molecule is CCC(C(=O)O)N(C)c1ccc2c(c1)oc1ccccc12. The molecular formula is C17H17NO3. The Balaban J connectivity index is 2.08. The molecule has 0 saturated heterocycles. The molecule has 21 heavy (non-hydrogen) atoms. The zero-order valence-electron chi connectivity index (χ0n) is 12.0. The lowest BCUT2D eigenvalue weighted by molar-refractivity contribution is -0.138. The van der Waals surface area contributed by atoms with Crippen LogP contribution in [0.2, 0.25) is 0 Å². The molecule has 1 heterocycles. The summed E-state index contributed by atoms with van der Waals surface area (Å²) in [5.41, 5.74) is 2.47. The van der Waals surface area contributed by atoms with Crippen LogP contribution in [0, 0.1) is 0 Å². The van der Waals surface area contributed by atoms with E-state index < -0.39 is 12.0 Å². The molecule has 4 nitrogen and oxygen atoms in total. The number of fused-ring (bicyclic) bond motifs is 3. The number of rotatable bonds is 4. The zero-order valence-corrected chi connectivity index (χ0v) is 12.0. The van der Waals surface area contributed by atoms with E-state index in [1.807, 2.05) is 49.4 Å². The zero-order chi connectivity index (χ0) is 15.0. The number of hydrogen-bond acceptors (Lipinski definition) is 3. The normalized spacial score (nSPS) is 12.7. The molecule has 1 aromatic heterocycles. The lowest BCUT2D eigenvalue weighted by Gasteiger charge is -2.25. The van der Waals surface area contributed by atoms with E-state index in [1.54, 1.807) is 11.9 Å². The first-order chi connectivity index (χ1) is 10.1. The molecule has 0 aliphatic carbocycles. The van der Waals surface area contributed by atoms with Crippen molar-refractivity contribution >= 4 is 33.6 Å². The Morgan fingerprint density at radius 1 is 1.19 bits per heavy atom. The van der Waals surface area contributed by atoms with Crippen LogP contribution in [0.25, 0.3) is 21.9 Å². The highest BCUT2D eigenvalue weighted by molar-refractivity contribution is 6.05. The van der Waals surface area contributed by atoms with E-state index in [4.69, 9.17) is 4.42 Å². The Bertz CT molecular complexity index is 806. The summed E-state index contributed by atoms with van der Waals surface area (Å²) < 4.78 is 5.84. The van der Waals surface area contributed by atoms with E-state index in [-0.39, 0.29) is 0 Å². The summed E-state index contributed by atoms with van der Waals surface area (Å²) >= 11 is 0. The van der Waals surface area contributed by atoms with Gasteiger partial charge in [-0.1, -0.05) is 25.1 Å². The van der Waals surface area contributed by atoms with Crippen molar-refractivity contribution in [2.75, 3.05) is 11.9 Å². The smallest absolute Gasteiger partial charge is 0.326 e. The number of likely N-dealkylation sites (N-methyl/N-ethyl adjacent to an activating group) is 1. The number of carbonyl (C=O) groups is 1. The molecule has 0 amide bonds. The first kappa shape index (κ1) is 13.5. The summed E-state index contributed by atoms with van der Waals surface area (Å²) in [5.74, 6) is -0.815. The summed E-state index contributed by atoms with van der Waals surface area (Å²) in [6.45, 7) is 1.87. The molecule has 0 bridgehead atoms. The number of carboxylic acid groups (broad SMARTS) is 1. The lowest BCUT2D eigenvalue weighted by atomic mass is 10.1. The minimum Gasteiger partial charge on any atom is -0.480 e. The molecule has 0 aliphatic heterocycles. The van der Waals surface area contributed by atoms with E-state index in [1.165, 1.54) is 0 Å². The lowest BCUT2D eigenvalue weighted by Crippen LogP contribution is -2.37. The van der Waals surface area contributed by atoms with Gasteiger partial charge in [0.1, 0.15) is 17.2 Å². The maximum Gasteiger partial charge on any atom is 0.326 e. The third-order valence-corrected chi connectivity index (χ3v) is 3.91. The van der Waals surface area contributed by atoms with Crippen LogP contribution in [0.4, 0.5) is 5.69 Å². The van der Waals surface area contributed by atoms with Crippen molar-refractivity contribution < 1.29 is 14.3 Å². The number of nitrogens with zero attached hydrogens (tertiary/aromatic N) is 1.